The molecule has 0 bridgehead atoms. The molecule has 0 amide bonds. The van der Waals surface area contributed by atoms with E-state index in [1.165, 1.54) is 12.0 Å². The van der Waals surface area contributed by atoms with Crippen molar-refractivity contribution in [3.63, 3.8) is 0 Å². The third kappa shape index (κ3) is 1.76. The highest BCUT2D eigenvalue weighted by Crippen LogP contribution is 2.62. The SMILES string of the molecule is C=C(C)C1=C[C@@]23CC[C@H]4C(=CCCC4(C)C)[C@@H]2OC(=O)C3C1=O. The van der Waals surface area contributed by atoms with Crippen LogP contribution in [0.1, 0.15) is 46.5 Å². The molecule has 122 valence electrons. The fourth-order valence-corrected chi connectivity index (χ4v) is 5.35. The van der Waals surface area contributed by atoms with Crippen molar-refractivity contribution >= 4 is 11.8 Å². The lowest BCUT2D eigenvalue weighted by Crippen LogP contribution is -2.46. The summed E-state index contributed by atoms with van der Waals surface area (Å²) >= 11 is 0. The van der Waals surface area contributed by atoms with Crippen molar-refractivity contribution in [2.45, 2.75) is 52.6 Å². The van der Waals surface area contributed by atoms with Gasteiger partial charge in [-0.15, -0.1) is 0 Å². The van der Waals surface area contributed by atoms with E-state index in [1.54, 1.807) is 0 Å². The fraction of sp³-hybridized carbons (Fsp3) is 0.600. The van der Waals surface area contributed by atoms with E-state index < -0.39 is 11.3 Å². The minimum Gasteiger partial charge on any atom is -0.456 e. The van der Waals surface area contributed by atoms with E-state index in [-0.39, 0.29) is 23.3 Å². The summed E-state index contributed by atoms with van der Waals surface area (Å²) in [6, 6.07) is 0. The lowest BCUT2D eigenvalue weighted by molar-refractivity contribution is -0.145. The lowest BCUT2D eigenvalue weighted by atomic mass is 9.55. The van der Waals surface area contributed by atoms with Crippen LogP contribution in [0.2, 0.25) is 0 Å². The van der Waals surface area contributed by atoms with Crippen molar-refractivity contribution in [3.05, 3.63) is 35.5 Å². The van der Waals surface area contributed by atoms with E-state index in [1.807, 2.05) is 13.0 Å². The summed E-state index contributed by atoms with van der Waals surface area (Å²) in [6.45, 7) is 10.4. The maximum Gasteiger partial charge on any atom is 0.318 e. The second-order valence-electron chi connectivity index (χ2n) is 8.39. The van der Waals surface area contributed by atoms with Gasteiger partial charge >= 0.3 is 5.97 Å². The molecule has 1 saturated carbocycles. The smallest absolute Gasteiger partial charge is 0.318 e. The topological polar surface area (TPSA) is 43.4 Å². The monoisotopic (exact) mass is 312 g/mol. The van der Waals surface area contributed by atoms with Gasteiger partial charge in [-0.25, -0.2) is 0 Å². The van der Waals surface area contributed by atoms with Crippen LogP contribution in [-0.4, -0.2) is 17.9 Å². The van der Waals surface area contributed by atoms with Crippen molar-refractivity contribution < 1.29 is 14.3 Å². The number of hydrogen-bond acceptors (Lipinski definition) is 3. The second kappa shape index (κ2) is 4.46. The first kappa shape index (κ1) is 14.9. The van der Waals surface area contributed by atoms with E-state index in [9.17, 15) is 9.59 Å². The number of fused-ring (bicyclic) bond motifs is 2. The number of allylic oxidation sites excluding steroid dienone is 3. The van der Waals surface area contributed by atoms with Crippen LogP contribution >= 0.6 is 0 Å². The fourth-order valence-electron chi connectivity index (χ4n) is 5.35. The summed E-state index contributed by atoms with van der Waals surface area (Å²) in [5.74, 6) is -0.613. The third-order valence-corrected chi connectivity index (χ3v) is 6.58. The number of carbonyl (C=O) groups excluding carboxylic acids is 2. The van der Waals surface area contributed by atoms with Crippen molar-refractivity contribution in [1.29, 1.82) is 0 Å². The van der Waals surface area contributed by atoms with E-state index in [0.717, 1.165) is 24.8 Å². The molecule has 0 aromatic rings. The molecule has 23 heavy (non-hydrogen) atoms. The van der Waals surface area contributed by atoms with Gasteiger partial charge < -0.3 is 4.74 Å². The Morgan fingerprint density at radius 1 is 1.30 bits per heavy atom. The van der Waals surface area contributed by atoms with E-state index in [4.69, 9.17) is 4.74 Å². The normalized spacial score (nSPS) is 40.6. The van der Waals surface area contributed by atoms with Crippen LogP contribution in [0.15, 0.2) is 35.5 Å². The number of ether oxygens (including phenoxy) is 1. The predicted octanol–water partition coefficient (Wildman–Crippen LogP) is 3.76. The van der Waals surface area contributed by atoms with Gasteiger partial charge in [0, 0.05) is 5.57 Å². The molecule has 1 heterocycles. The summed E-state index contributed by atoms with van der Waals surface area (Å²) in [5.41, 5.74) is 2.43. The lowest BCUT2D eigenvalue weighted by Gasteiger charge is -2.48. The van der Waals surface area contributed by atoms with Crippen LogP contribution in [0.4, 0.5) is 0 Å². The van der Waals surface area contributed by atoms with Crippen molar-refractivity contribution in [1.82, 2.24) is 0 Å². The van der Waals surface area contributed by atoms with Gasteiger partial charge in [0.15, 0.2) is 5.78 Å². The maximum atomic E-state index is 12.7. The molecule has 1 unspecified atom stereocenters. The van der Waals surface area contributed by atoms with Gasteiger partial charge in [0.1, 0.15) is 12.0 Å². The van der Waals surface area contributed by atoms with Gasteiger partial charge in [-0.05, 0) is 55.1 Å². The van der Waals surface area contributed by atoms with Crippen LogP contribution in [0.5, 0.6) is 0 Å². The Hall–Kier alpha value is -1.64. The van der Waals surface area contributed by atoms with Crippen molar-refractivity contribution in [2.24, 2.45) is 22.7 Å². The molecule has 3 aliphatic carbocycles. The molecule has 0 N–H and O–H groups in total. The third-order valence-electron chi connectivity index (χ3n) is 6.58. The molecule has 3 nitrogen and oxygen atoms in total. The van der Waals surface area contributed by atoms with Crippen molar-refractivity contribution in [3.8, 4) is 0 Å². The summed E-state index contributed by atoms with van der Waals surface area (Å²) in [4.78, 5) is 25.2. The highest BCUT2D eigenvalue weighted by atomic mass is 16.6. The zero-order valence-electron chi connectivity index (χ0n) is 14.1. The first-order valence-corrected chi connectivity index (χ1v) is 8.61. The van der Waals surface area contributed by atoms with Crippen molar-refractivity contribution in [2.75, 3.05) is 0 Å². The summed E-state index contributed by atoms with van der Waals surface area (Å²) in [5, 5.41) is 0. The molecule has 2 fully saturated rings. The van der Waals surface area contributed by atoms with Gasteiger partial charge in [0.25, 0.3) is 0 Å². The molecule has 0 radical (unpaired) electrons. The second-order valence-corrected chi connectivity index (χ2v) is 8.39. The molecule has 4 aliphatic rings. The number of carbonyl (C=O) groups is 2. The zero-order valence-corrected chi connectivity index (χ0v) is 14.1. The van der Waals surface area contributed by atoms with Crippen LogP contribution in [0.3, 0.4) is 0 Å². The highest BCUT2D eigenvalue weighted by Gasteiger charge is 2.66. The predicted molar refractivity (Wildman–Crippen MR) is 87.5 cm³/mol. The molecule has 1 spiro atoms. The van der Waals surface area contributed by atoms with Crippen LogP contribution in [-0.2, 0) is 14.3 Å². The zero-order chi connectivity index (χ0) is 16.6. The van der Waals surface area contributed by atoms with Gasteiger partial charge in [-0.3, -0.25) is 9.59 Å². The van der Waals surface area contributed by atoms with Crippen LogP contribution in [0, 0.1) is 22.7 Å². The Balaban J connectivity index is 1.83. The Labute approximate surface area is 137 Å². The number of Topliss-reactive ketones (excluding diaryl/α,β-unsaturated/α-hetero) is 1. The Morgan fingerprint density at radius 3 is 2.74 bits per heavy atom. The molecular formula is C20H24O3. The Bertz CT molecular complexity index is 694. The molecule has 4 atom stereocenters. The summed E-state index contributed by atoms with van der Waals surface area (Å²) in [7, 11) is 0. The minimum atomic E-state index is -0.647. The number of rotatable bonds is 1. The molecule has 1 saturated heterocycles. The average molecular weight is 312 g/mol. The van der Waals surface area contributed by atoms with E-state index in [0.29, 0.717) is 11.5 Å². The average Bonchev–Trinajstić information content (AvgIpc) is 2.91. The molecule has 0 aromatic carbocycles. The molecule has 1 aliphatic heterocycles. The number of ketones is 1. The Kier molecular flexibility index (Phi) is 2.89. The molecule has 0 aromatic heterocycles. The van der Waals surface area contributed by atoms with Gasteiger partial charge in [-0.1, -0.05) is 32.6 Å². The van der Waals surface area contributed by atoms with E-state index >= 15 is 0 Å². The van der Waals surface area contributed by atoms with Crippen LogP contribution < -0.4 is 0 Å². The molecular weight excluding hydrogens is 288 g/mol. The van der Waals surface area contributed by atoms with Gasteiger partial charge in [-0.2, -0.15) is 0 Å². The maximum absolute atomic E-state index is 12.7. The quantitative estimate of drug-likeness (QED) is 0.421. The standard InChI is InChI=1S/C20H24O3/c1-11(2)13-10-20-9-7-14-12(6-5-8-19(14,3)4)17(20)23-18(22)15(20)16(13)21/h6,10,14-15,17H,1,5,7-9H2,2-4H3/t14-,15?,17-,20+/m0/s1. The summed E-state index contributed by atoms with van der Waals surface area (Å²) < 4.78 is 5.78. The summed E-state index contributed by atoms with van der Waals surface area (Å²) in [6.07, 6.45) is 8.12. The van der Waals surface area contributed by atoms with Crippen LogP contribution in [0.25, 0.3) is 0 Å². The van der Waals surface area contributed by atoms with Gasteiger partial charge in [0.2, 0.25) is 0 Å². The first-order chi connectivity index (χ1) is 10.8. The highest BCUT2D eigenvalue weighted by molar-refractivity contribution is 6.15. The largest absolute Gasteiger partial charge is 0.456 e. The Morgan fingerprint density at radius 2 is 2.04 bits per heavy atom. The van der Waals surface area contributed by atoms with Gasteiger partial charge in [0.05, 0.1) is 5.41 Å². The van der Waals surface area contributed by atoms with E-state index in [2.05, 4.69) is 26.5 Å². The molecule has 3 heteroatoms. The molecule has 4 rings (SSSR count). The minimum absolute atomic E-state index is 0.0841. The number of hydrogen-bond donors (Lipinski definition) is 0. The number of esters is 1. The first-order valence-electron chi connectivity index (χ1n) is 8.61.